The molecule has 0 fully saturated rings. The third-order valence-corrected chi connectivity index (χ3v) is 7.13. The van der Waals surface area contributed by atoms with Crippen molar-refractivity contribution in [3.8, 4) is 17.2 Å². The van der Waals surface area contributed by atoms with Crippen LogP contribution >= 0.6 is 0 Å². The number of hydrogen-bond acceptors (Lipinski definition) is 7. The lowest BCUT2D eigenvalue weighted by Crippen LogP contribution is -2.19. The van der Waals surface area contributed by atoms with E-state index in [0.717, 1.165) is 19.4 Å². The first-order valence-electron chi connectivity index (χ1n) is 11.8. The van der Waals surface area contributed by atoms with Gasteiger partial charge < -0.3 is 18.9 Å². The van der Waals surface area contributed by atoms with E-state index in [0.29, 0.717) is 29.1 Å². The molecular weight excluding hydrogens is 496 g/mol. The van der Waals surface area contributed by atoms with Gasteiger partial charge in [-0.25, -0.2) is 9.78 Å². The number of fused-ring (bicyclic) bond motifs is 1. The molecule has 0 bridgehead atoms. The lowest BCUT2D eigenvalue weighted by Gasteiger charge is -2.15. The van der Waals surface area contributed by atoms with E-state index >= 15 is 0 Å². The Morgan fingerprint density at radius 3 is 2.38 bits per heavy atom. The number of aromatic nitrogens is 4. The van der Waals surface area contributed by atoms with Crippen LogP contribution in [0.5, 0.6) is 17.2 Å². The van der Waals surface area contributed by atoms with E-state index in [2.05, 4.69) is 14.6 Å². The van der Waals surface area contributed by atoms with Crippen LogP contribution in [0.3, 0.4) is 0 Å². The summed E-state index contributed by atoms with van der Waals surface area (Å²) in [4.78, 5) is 18.6. The largest absolute Gasteiger partial charge is 0.493 e. The van der Waals surface area contributed by atoms with Gasteiger partial charge in [-0.1, -0.05) is 6.07 Å². The number of hydrogen-bond donors (Lipinski definition) is 1. The van der Waals surface area contributed by atoms with Crippen molar-refractivity contribution in [2.24, 2.45) is 21.1 Å². The maximum atomic E-state index is 13.0. The molecule has 2 heterocycles. The molecule has 0 saturated heterocycles. The first-order chi connectivity index (χ1) is 17.5. The minimum atomic E-state index is -4.01. The fourth-order valence-corrected chi connectivity index (χ4v) is 4.93. The van der Waals surface area contributed by atoms with E-state index in [-0.39, 0.29) is 22.2 Å². The minimum Gasteiger partial charge on any atom is -0.493 e. The van der Waals surface area contributed by atoms with Crippen LogP contribution in [0, 0.1) is 0 Å². The van der Waals surface area contributed by atoms with Crippen molar-refractivity contribution < 1.29 is 17.9 Å². The summed E-state index contributed by atoms with van der Waals surface area (Å²) in [5.74, 6) is 1.34. The summed E-state index contributed by atoms with van der Waals surface area (Å²) in [7, 11) is 5.03. The van der Waals surface area contributed by atoms with Crippen molar-refractivity contribution in [1.29, 1.82) is 0 Å². The van der Waals surface area contributed by atoms with E-state index < -0.39 is 10.0 Å². The smallest absolute Gasteiger partial charge is 0.328 e. The highest BCUT2D eigenvalue weighted by atomic mass is 32.2. The second kappa shape index (κ2) is 10.7. The quantitative estimate of drug-likeness (QED) is 0.298. The topological polar surface area (TPSA) is 113 Å². The van der Waals surface area contributed by atoms with Gasteiger partial charge in [-0.3, -0.25) is 13.9 Å². The predicted octanol–water partition coefficient (Wildman–Crippen LogP) is 2.92. The fourth-order valence-electron chi connectivity index (χ4n) is 3.89. The number of nitrogens with one attached hydrogen (secondary N) is 1. The minimum absolute atomic E-state index is 0.132. The summed E-state index contributed by atoms with van der Waals surface area (Å²) in [6.07, 6.45) is 4.75. The van der Waals surface area contributed by atoms with Gasteiger partial charge in [-0.05, 0) is 51.7 Å². The Morgan fingerprint density at radius 2 is 1.70 bits per heavy atom. The monoisotopic (exact) mass is 528 g/mol. The van der Waals surface area contributed by atoms with Crippen LogP contribution in [-0.2, 0) is 31.2 Å². The van der Waals surface area contributed by atoms with Crippen molar-refractivity contribution in [3.05, 3.63) is 59.4 Å². The van der Waals surface area contributed by atoms with Crippen LogP contribution < -0.4 is 19.9 Å². The first-order valence-corrected chi connectivity index (χ1v) is 13.3. The summed E-state index contributed by atoms with van der Waals surface area (Å²) in [6, 6.07) is 10.4. The van der Waals surface area contributed by atoms with Crippen LogP contribution in [-0.4, -0.2) is 59.2 Å². The molecule has 0 unspecified atom stereocenters. The lowest BCUT2D eigenvalue weighted by atomic mass is 10.2. The molecule has 0 aliphatic heterocycles. The van der Waals surface area contributed by atoms with E-state index in [1.165, 1.54) is 21.7 Å². The molecular formula is C25H32N6O5S. The molecule has 198 valence electrons. The predicted molar refractivity (Wildman–Crippen MR) is 142 cm³/mol. The Bertz CT molecular complexity index is 1570. The molecule has 11 nitrogen and oxygen atoms in total. The molecule has 0 aliphatic carbocycles. The molecule has 0 spiro atoms. The van der Waals surface area contributed by atoms with Gasteiger partial charge in [-0.2, -0.15) is 8.42 Å². The molecule has 4 rings (SSSR count). The molecule has 4 aromatic rings. The Hall–Kier alpha value is -3.77. The van der Waals surface area contributed by atoms with Crippen molar-refractivity contribution in [3.63, 3.8) is 0 Å². The van der Waals surface area contributed by atoms with E-state index in [1.807, 2.05) is 20.2 Å². The average Bonchev–Trinajstić information content (AvgIpc) is 3.37. The van der Waals surface area contributed by atoms with Crippen molar-refractivity contribution in [1.82, 2.24) is 23.6 Å². The number of nitrogens with zero attached hydrogens (tertiary/aromatic N) is 5. The number of rotatable bonds is 11. The second-order valence-corrected chi connectivity index (χ2v) is 10.8. The number of anilines is 1. The van der Waals surface area contributed by atoms with Gasteiger partial charge >= 0.3 is 5.69 Å². The highest BCUT2D eigenvalue weighted by Gasteiger charge is 2.22. The molecule has 0 radical (unpaired) electrons. The number of benzene rings is 2. The maximum absolute atomic E-state index is 13.0. The fraction of sp³-hybridized carbons (Fsp3) is 0.360. The molecule has 1 N–H and O–H groups in total. The first kappa shape index (κ1) is 26.3. The van der Waals surface area contributed by atoms with Gasteiger partial charge in [-0.15, -0.1) is 0 Å². The van der Waals surface area contributed by atoms with E-state index in [4.69, 9.17) is 9.47 Å². The van der Waals surface area contributed by atoms with Crippen molar-refractivity contribution in [2.75, 3.05) is 32.0 Å². The van der Waals surface area contributed by atoms with Gasteiger partial charge in [0.15, 0.2) is 10.8 Å². The third-order valence-electron chi connectivity index (χ3n) is 5.88. The summed E-state index contributed by atoms with van der Waals surface area (Å²) >= 11 is 0. The lowest BCUT2D eigenvalue weighted by molar-refractivity contribution is 0.292. The average molecular weight is 529 g/mol. The zero-order valence-corrected chi connectivity index (χ0v) is 22.4. The summed E-state index contributed by atoms with van der Waals surface area (Å²) < 4.78 is 45.1. The number of imidazole rings is 2. The summed E-state index contributed by atoms with van der Waals surface area (Å²) in [5, 5.41) is -0.132. The molecule has 12 heteroatoms. The van der Waals surface area contributed by atoms with Crippen molar-refractivity contribution >= 4 is 26.7 Å². The molecule has 0 amide bonds. The highest BCUT2D eigenvalue weighted by molar-refractivity contribution is 7.92. The molecule has 2 aromatic heterocycles. The van der Waals surface area contributed by atoms with Crippen LogP contribution in [0.2, 0.25) is 0 Å². The van der Waals surface area contributed by atoms with E-state index in [1.54, 1.807) is 56.0 Å². The zero-order chi connectivity index (χ0) is 26.7. The Labute approximate surface area is 215 Å². The van der Waals surface area contributed by atoms with Gasteiger partial charge in [0, 0.05) is 39.5 Å². The zero-order valence-electron chi connectivity index (χ0n) is 21.6. The highest BCUT2D eigenvalue weighted by Crippen LogP contribution is 2.35. The van der Waals surface area contributed by atoms with E-state index in [9.17, 15) is 13.2 Å². The summed E-state index contributed by atoms with van der Waals surface area (Å²) in [5.41, 5.74) is 1.08. The van der Waals surface area contributed by atoms with Gasteiger partial charge in [0.2, 0.25) is 0 Å². The van der Waals surface area contributed by atoms with Crippen LogP contribution in [0.15, 0.2) is 58.7 Å². The molecule has 37 heavy (non-hydrogen) atoms. The SMILES string of the molecule is CN(C)CCCCOc1cccc(Oc2cc3c(cc2NS(=O)(=O)c2cn(C)cn2)n(C)c(=O)n3C)c1. The normalized spacial score (nSPS) is 11.8. The van der Waals surface area contributed by atoms with Gasteiger partial charge in [0.1, 0.15) is 11.5 Å². The molecule has 0 saturated carbocycles. The number of sulfonamides is 1. The molecule has 2 aromatic carbocycles. The Morgan fingerprint density at radius 1 is 1.00 bits per heavy atom. The van der Waals surface area contributed by atoms with Crippen molar-refractivity contribution in [2.45, 2.75) is 17.9 Å². The maximum Gasteiger partial charge on any atom is 0.328 e. The molecule has 0 aliphatic rings. The number of aryl methyl sites for hydroxylation is 3. The number of unbranched alkanes of at least 4 members (excludes halogenated alkanes) is 1. The Kier molecular flexibility index (Phi) is 7.60. The molecule has 0 atom stereocenters. The van der Waals surface area contributed by atoms with Crippen LogP contribution in [0.4, 0.5) is 5.69 Å². The van der Waals surface area contributed by atoms with Crippen LogP contribution in [0.25, 0.3) is 11.0 Å². The Balaban J connectivity index is 1.64. The second-order valence-electron chi connectivity index (χ2n) is 9.16. The number of ether oxygens (including phenoxy) is 2. The standard InChI is InChI=1S/C25H32N6O5S/c1-28(2)11-6-7-12-35-18-9-8-10-19(13-18)36-23-15-22-21(30(4)25(32)31(22)5)14-20(23)27-37(33,34)24-16-29(3)17-26-24/h8-10,13-17,27H,6-7,11-12H2,1-5H3. The summed E-state index contributed by atoms with van der Waals surface area (Å²) in [6.45, 7) is 1.57. The van der Waals surface area contributed by atoms with Gasteiger partial charge in [0.25, 0.3) is 10.0 Å². The van der Waals surface area contributed by atoms with Gasteiger partial charge in [0.05, 0.1) is 29.7 Å². The third kappa shape index (κ3) is 5.97. The van der Waals surface area contributed by atoms with Crippen LogP contribution in [0.1, 0.15) is 12.8 Å².